The summed E-state index contributed by atoms with van der Waals surface area (Å²) in [6.07, 6.45) is 7.55. The fourth-order valence-corrected chi connectivity index (χ4v) is 4.91. The molecule has 0 saturated heterocycles. The zero-order valence-corrected chi connectivity index (χ0v) is 23.3. The van der Waals surface area contributed by atoms with Crippen LogP contribution in [0.3, 0.4) is 0 Å². The highest BCUT2D eigenvalue weighted by atomic mass is 35.5. The van der Waals surface area contributed by atoms with Gasteiger partial charge in [0.1, 0.15) is 21.9 Å². The molecule has 38 heavy (non-hydrogen) atoms. The van der Waals surface area contributed by atoms with Crippen LogP contribution < -0.4 is 10.6 Å². The van der Waals surface area contributed by atoms with Crippen molar-refractivity contribution < 1.29 is 9.59 Å². The Labute approximate surface area is 233 Å². The number of anilines is 3. The van der Waals surface area contributed by atoms with Gasteiger partial charge in [0.15, 0.2) is 11.6 Å². The number of hydrogen-bond donors (Lipinski definition) is 2. The van der Waals surface area contributed by atoms with E-state index in [9.17, 15) is 9.59 Å². The molecule has 0 aliphatic rings. The lowest BCUT2D eigenvalue weighted by Crippen LogP contribution is -2.18. The van der Waals surface area contributed by atoms with E-state index in [1.807, 2.05) is 27.7 Å². The van der Waals surface area contributed by atoms with E-state index in [4.69, 9.17) is 23.2 Å². The Morgan fingerprint density at radius 2 is 1.79 bits per heavy atom. The zero-order valence-electron chi connectivity index (χ0n) is 21.0. The van der Waals surface area contributed by atoms with E-state index in [1.165, 1.54) is 30.1 Å². The molecule has 196 valence electrons. The number of halogens is 2. The Morgan fingerprint density at radius 1 is 1.05 bits per heavy atom. The summed E-state index contributed by atoms with van der Waals surface area (Å²) in [6, 6.07) is 3.50. The number of amides is 1. The van der Waals surface area contributed by atoms with Crippen molar-refractivity contribution in [3.05, 3.63) is 74.6 Å². The molecule has 0 aliphatic heterocycles. The Kier molecular flexibility index (Phi) is 8.29. The molecular formula is C25H24Cl2N8O2S. The highest BCUT2D eigenvalue weighted by Gasteiger charge is 2.24. The van der Waals surface area contributed by atoms with Crippen LogP contribution in [0.15, 0.2) is 43.2 Å². The maximum absolute atomic E-state index is 13.0. The quantitative estimate of drug-likeness (QED) is 0.241. The number of hydrogen-bond acceptors (Lipinski definition) is 10. The van der Waals surface area contributed by atoms with Crippen molar-refractivity contribution in [2.45, 2.75) is 45.4 Å². The van der Waals surface area contributed by atoms with Crippen LogP contribution in [0.2, 0.25) is 10.0 Å². The maximum Gasteiger partial charge on any atom is 0.269 e. The number of nitrogens with zero attached hydrogens (tertiary/aromatic N) is 6. The third-order valence-electron chi connectivity index (χ3n) is 5.34. The number of thiazole rings is 1. The number of Topliss-reactive ketones (excluding diaryl/α,β-unsaturated/α-hetero) is 1. The molecule has 0 aliphatic carbocycles. The van der Waals surface area contributed by atoms with Gasteiger partial charge in [0.2, 0.25) is 5.95 Å². The van der Waals surface area contributed by atoms with Crippen LogP contribution in [0.1, 0.15) is 70.9 Å². The summed E-state index contributed by atoms with van der Waals surface area (Å²) in [5.41, 5.74) is 1.14. The van der Waals surface area contributed by atoms with Crippen LogP contribution in [-0.4, -0.2) is 41.6 Å². The van der Waals surface area contributed by atoms with E-state index < -0.39 is 5.91 Å². The van der Waals surface area contributed by atoms with Gasteiger partial charge in [0.05, 0.1) is 28.1 Å². The molecule has 4 heterocycles. The first kappa shape index (κ1) is 27.5. The number of carbonyl (C=O) groups excluding carboxylic acids is 2. The van der Waals surface area contributed by atoms with Crippen molar-refractivity contribution in [2.24, 2.45) is 0 Å². The van der Waals surface area contributed by atoms with E-state index in [2.05, 4.69) is 40.5 Å². The third-order valence-corrected chi connectivity index (χ3v) is 7.20. The molecular weight excluding hydrogens is 547 g/mol. The van der Waals surface area contributed by atoms with Gasteiger partial charge >= 0.3 is 0 Å². The van der Waals surface area contributed by atoms with Gasteiger partial charge < -0.3 is 5.32 Å². The molecule has 10 nitrogen and oxygen atoms in total. The molecule has 0 spiro atoms. The fraction of sp³-hybridized carbons (Fsp3) is 0.280. The van der Waals surface area contributed by atoms with E-state index in [0.717, 1.165) is 5.69 Å². The van der Waals surface area contributed by atoms with Crippen LogP contribution in [0.5, 0.6) is 0 Å². The Bertz CT molecular complexity index is 1470. The minimum atomic E-state index is -0.403. The standard InChI is InChI=1S/C25H24Cl2N8O2S/c1-13(9-16(36)19-18(27)21(32-12-31-19)33-14-5-7-28-8-6-14)23-29-11-17(38-23)22(37)35-24-30-10-15(26)20(34-24)25(2,3)4/h5-8,10-13H,9H2,1-4H3,(H,28,31,32,33)(H,30,34,35,37). The second-order valence-corrected chi connectivity index (χ2v) is 11.3. The summed E-state index contributed by atoms with van der Waals surface area (Å²) in [6.45, 7) is 7.76. The van der Waals surface area contributed by atoms with Crippen LogP contribution >= 0.6 is 34.5 Å². The molecule has 4 rings (SSSR count). The van der Waals surface area contributed by atoms with E-state index in [-0.39, 0.29) is 40.2 Å². The van der Waals surface area contributed by atoms with E-state index >= 15 is 0 Å². The van der Waals surface area contributed by atoms with Gasteiger partial charge in [-0.05, 0) is 12.1 Å². The first-order valence-corrected chi connectivity index (χ1v) is 13.1. The first-order valence-electron chi connectivity index (χ1n) is 11.5. The van der Waals surface area contributed by atoms with E-state index in [0.29, 0.717) is 26.4 Å². The highest BCUT2D eigenvalue weighted by Crippen LogP contribution is 2.31. The Morgan fingerprint density at radius 3 is 2.50 bits per heavy atom. The Balaban J connectivity index is 1.43. The van der Waals surface area contributed by atoms with Crippen LogP contribution in [0.25, 0.3) is 0 Å². The van der Waals surface area contributed by atoms with E-state index in [1.54, 1.807) is 24.5 Å². The molecule has 1 unspecified atom stereocenters. The van der Waals surface area contributed by atoms with Crippen molar-refractivity contribution in [2.75, 3.05) is 10.6 Å². The lowest BCUT2D eigenvalue weighted by atomic mass is 9.92. The molecule has 0 radical (unpaired) electrons. The summed E-state index contributed by atoms with van der Waals surface area (Å²) in [5, 5.41) is 6.92. The number of ketones is 1. The van der Waals surface area contributed by atoms with Crippen molar-refractivity contribution in [3.8, 4) is 0 Å². The molecule has 13 heteroatoms. The molecule has 4 aromatic rings. The second kappa shape index (κ2) is 11.5. The van der Waals surface area contributed by atoms with Crippen molar-refractivity contribution in [1.82, 2.24) is 29.9 Å². The number of pyridine rings is 1. The summed E-state index contributed by atoms with van der Waals surface area (Å²) in [4.78, 5) is 51.2. The summed E-state index contributed by atoms with van der Waals surface area (Å²) in [7, 11) is 0. The number of carbonyl (C=O) groups is 2. The Hall–Kier alpha value is -3.54. The highest BCUT2D eigenvalue weighted by molar-refractivity contribution is 7.13. The minimum absolute atomic E-state index is 0.0925. The average molecular weight is 571 g/mol. The van der Waals surface area contributed by atoms with Crippen LogP contribution in [0, 0.1) is 0 Å². The molecule has 2 N–H and O–H groups in total. The van der Waals surface area contributed by atoms with Gasteiger partial charge in [-0.25, -0.2) is 24.9 Å². The normalized spacial score (nSPS) is 12.2. The molecule has 0 aromatic carbocycles. The predicted octanol–water partition coefficient (Wildman–Crippen LogP) is 6.09. The second-order valence-electron chi connectivity index (χ2n) is 9.43. The minimum Gasteiger partial charge on any atom is -0.339 e. The SMILES string of the molecule is CC(CC(=O)c1ncnc(Nc2ccncc2)c1Cl)c1ncc(C(=O)Nc2ncc(Cl)c(C(C)(C)C)n2)s1. The van der Waals surface area contributed by atoms with Gasteiger partial charge in [-0.2, -0.15) is 0 Å². The molecule has 0 fully saturated rings. The third kappa shape index (κ3) is 6.47. The first-order chi connectivity index (χ1) is 18.0. The average Bonchev–Trinajstić information content (AvgIpc) is 3.37. The lowest BCUT2D eigenvalue weighted by Gasteiger charge is -2.19. The molecule has 0 saturated carbocycles. The van der Waals surface area contributed by atoms with Gasteiger partial charge in [0.25, 0.3) is 5.91 Å². The molecule has 1 atom stereocenters. The topological polar surface area (TPSA) is 136 Å². The van der Waals surface area contributed by atoms with Crippen molar-refractivity contribution in [3.63, 3.8) is 0 Å². The lowest BCUT2D eigenvalue weighted by molar-refractivity contribution is 0.0969. The summed E-state index contributed by atoms with van der Waals surface area (Å²) < 4.78 is 0. The number of aromatic nitrogens is 6. The maximum atomic E-state index is 13.0. The van der Waals surface area contributed by atoms with Crippen LogP contribution in [-0.2, 0) is 5.41 Å². The number of rotatable bonds is 8. The summed E-state index contributed by atoms with van der Waals surface area (Å²) >= 11 is 13.8. The smallest absolute Gasteiger partial charge is 0.269 e. The molecule has 0 bridgehead atoms. The zero-order chi connectivity index (χ0) is 27.4. The van der Waals surface area contributed by atoms with Crippen molar-refractivity contribution in [1.29, 1.82) is 0 Å². The van der Waals surface area contributed by atoms with Gasteiger partial charge in [0, 0.05) is 35.8 Å². The molecule has 4 aromatic heterocycles. The monoisotopic (exact) mass is 570 g/mol. The predicted molar refractivity (Wildman–Crippen MR) is 148 cm³/mol. The largest absolute Gasteiger partial charge is 0.339 e. The van der Waals surface area contributed by atoms with Gasteiger partial charge in [-0.3, -0.25) is 19.9 Å². The fourth-order valence-electron chi connectivity index (χ4n) is 3.42. The van der Waals surface area contributed by atoms with Crippen molar-refractivity contribution >= 4 is 63.7 Å². The summed E-state index contributed by atoms with van der Waals surface area (Å²) in [5.74, 6) is -0.488. The van der Waals surface area contributed by atoms with Gasteiger partial charge in [-0.15, -0.1) is 11.3 Å². The van der Waals surface area contributed by atoms with Gasteiger partial charge in [-0.1, -0.05) is 50.9 Å². The number of nitrogens with one attached hydrogen (secondary N) is 2. The van der Waals surface area contributed by atoms with Crippen LogP contribution in [0.4, 0.5) is 17.5 Å². The molecule has 1 amide bonds.